The van der Waals surface area contributed by atoms with Gasteiger partial charge in [0.15, 0.2) is 5.78 Å². The fourth-order valence-corrected chi connectivity index (χ4v) is 1.81. The van der Waals surface area contributed by atoms with E-state index in [1.54, 1.807) is 19.2 Å². The summed E-state index contributed by atoms with van der Waals surface area (Å²) in [5, 5.41) is 0. The molecule has 1 aliphatic carbocycles. The highest BCUT2D eigenvalue weighted by molar-refractivity contribution is 6.07. The van der Waals surface area contributed by atoms with Crippen LogP contribution in [0.4, 0.5) is 5.69 Å². The van der Waals surface area contributed by atoms with Gasteiger partial charge in [-0.1, -0.05) is 24.3 Å². The highest BCUT2D eigenvalue weighted by atomic mass is 16.1. The van der Waals surface area contributed by atoms with Crippen LogP contribution in [-0.4, -0.2) is 17.5 Å². The molecule has 0 heterocycles. The van der Waals surface area contributed by atoms with Gasteiger partial charge in [0, 0.05) is 6.21 Å². The summed E-state index contributed by atoms with van der Waals surface area (Å²) in [6.07, 6.45) is 4.90. The summed E-state index contributed by atoms with van der Waals surface area (Å²) in [5.41, 5.74) is 7.87. The maximum atomic E-state index is 11.5. The van der Waals surface area contributed by atoms with Gasteiger partial charge in [0.1, 0.15) is 0 Å². The van der Waals surface area contributed by atoms with E-state index in [2.05, 4.69) is 4.99 Å². The van der Waals surface area contributed by atoms with E-state index in [0.717, 1.165) is 11.3 Å². The first kappa shape index (κ1) is 12.5. The fraction of sp³-hybridized carbons (Fsp3) is 0.200. The Kier molecular flexibility index (Phi) is 3.26. The van der Waals surface area contributed by atoms with Crippen molar-refractivity contribution in [2.75, 3.05) is 0 Å². The van der Waals surface area contributed by atoms with E-state index < -0.39 is 5.54 Å². The Balaban J connectivity index is 2.31. The molecule has 0 bridgehead atoms. The number of allylic oxidation sites excluding steroid dienone is 2. The van der Waals surface area contributed by atoms with Crippen molar-refractivity contribution in [3.63, 3.8) is 0 Å². The van der Waals surface area contributed by atoms with Crippen molar-refractivity contribution in [3.8, 4) is 0 Å². The molecule has 1 aliphatic rings. The molecule has 1 unspecified atom stereocenters. The van der Waals surface area contributed by atoms with Gasteiger partial charge in [0.25, 0.3) is 0 Å². The molecule has 0 radical (unpaired) electrons. The van der Waals surface area contributed by atoms with Crippen LogP contribution < -0.4 is 5.73 Å². The third kappa shape index (κ3) is 2.31. The van der Waals surface area contributed by atoms with Crippen LogP contribution in [0.15, 0.2) is 58.6 Å². The fourth-order valence-electron chi connectivity index (χ4n) is 1.81. The largest absolute Gasteiger partial charge is 0.314 e. The van der Waals surface area contributed by atoms with Gasteiger partial charge in [-0.3, -0.25) is 9.79 Å². The molecule has 1 aromatic carbocycles. The van der Waals surface area contributed by atoms with Gasteiger partial charge in [-0.25, -0.2) is 0 Å². The molecule has 0 saturated carbocycles. The Bertz CT molecular complexity index is 555. The summed E-state index contributed by atoms with van der Waals surface area (Å²) in [6, 6.07) is 9.59. The smallest absolute Gasteiger partial charge is 0.181 e. The van der Waals surface area contributed by atoms with Crippen LogP contribution in [0.1, 0.15) is 13.8 Å². The molecule has 1 atom stereocenters. The third-order valence-electron chi connectivity index (χ3n) is 3.28. The molecular formula is C15H16N2O. The highest BCUT2D eigenvalue weighted by Crippen LogP contribution is 2.24. The van der Waals surface area contributed by atoms with Crippen molar-refractivity contribution in [3.05, 3.63) is 53.6 Å². The molecular weight excluding hydrogens is 224 g/mol. The molecule has 2 N–H and O–H groups in total. The van der Waals surface area contributed by atoms with Crippen molar-refractivity contribution >= 4 is 17.7 Å². The lowest BCUT2D eigenvalue weighted by Crippen LogP contribution is -2.43. The zero-order valence-corrected chi connectivity index (χ0v) is 10.6. The Morgan fingerprint density at radius 3 is 2.56 bits per heavy atom. The minimum atomic E-state index is -0.770. The van der Waals surface area contributed by atoms with Gasteiger partial charge in [0.05, 0.1) is 11.2 Å². The maximum absolute atomic E-state index is 11.5. The number of hydrogen-bond donors (Lipinski definition) is 1. The normalized spacial score (nSPS) is 24.1. The number of rotatable bonds is 2. The van der Waals surface area contributed by atoms with E-state index in [9.17, 15) is 4.79 Å². The summed E-state index contributed by atoms with van der Waals surface area (Å²) in [6.45, 7) is 3.66. The number of aliphatic imine (C=N–C) groups is 1. The second kappa shape index (κ2) is 4.70. The summed E-state index contributed by atoms with van der Waals surface area (Å²) in [7, 11) is 0. The van der Waals surface area contributed by atoms with Crippen molar-refractivity contribution < 1.29 is 4.79 Å². The molecule has 2 rings (SSSR count). The molecule has 1 aromatic rings. The Morgan fingerprint density at radius 1 is 1.22 bits per heavy atom. The summed E-state index contributed by atoms with van der Waals surface area (Å²) in [4.78, 5) is 15.9. The Morgan fingerprint density at radius 2 is 1.89 bits per heavy atom. The first-order valence-corrected chi connectivity index (χ1v) is 5.83. The number of para-hydroxylation sites is 1. The van der Waals surface area contributed by atoms with Crippen LogP contribution in [0.25, 0.3) is 0 Å². The monoisotopic (exact) mass is 240 g/mol. The topological polar surface area (TPSA) is 55.4 Å². The van der Waals surface area contributed by atoms with Gasteiger partial charge in [-0.15, -0.1) is 0 Å². The molecule has 0 saturated heterocycles. The predicted octanol–water partition coefficient (Wildman–Crippen LogP) is 2.56. The second-order valence-corrected chi connectivity index (χ2v) is 4.47. The number of carbonyl (C=O) groups is 1. The summed E-state index contributed by atoms with van der Waals surface area (Å²) < 4.78 is 0. The van der Waals surface area contributed by atoms with E-state index in [0.29, 0.717) is 5.57 Å². The summed E-state index contributed by atoms with van der Waals surface area (Å²) in [5.74, 6) is 0.0155. The van der Waals surface area contributed by atoms with Gasteiger partial charge in [0.2, 0.25) is 0 Å². The van der Waals surface area contributed by atoms with Crippen molar-refractivity contribution in [2.45, 2.75) is 19.4 Å². The van der Waals surface area contributed by atoms with E-state index in [1.807, 2.05) is 37.3 Å². The number of carbonyl (C=O) groups excluding carboxylic acids is 1. The Hall–Kier alpha value is -2.00. The average Bonchev–Trinajstić information content (AvgIpc) is 2.40. The van der Waals surface area contributed by atoms with Gasteiger partial charge in [-0.2, -0.15) is 0 Å². The number of hydrogen-bond acceptors (Lipinski definition) is 3. The van der Waals surface area contributed by atoms with Gasteiger partial charge < -0.3 is 5.73 Å². The number of benzene rings is 1. The van der Waals surface area contributed by atoms with Crippen LogP contribution in [0.2, 0.25) is 0 Å². The molecule has 0 aromatic heterocycles. The number of nitrogens with two attached hydrogens (primary N) is 1. The molecule has 0 fully saturated rings. The molecule has 92 valence electrons. The van der Waals surface area contributed by atoms with Crippen LogP contribution in [-0.2, 0) is 4.79 Å². The van der Waals surface area contributed by atoms with Gasteiger partial charge >= 0.3 is 0 Å². The minimum Gasteiger partial charge on any atom is -0.314 e. The minimum absolute atomic E-state index is 0.0155. The maximum Gasteiger partial charge on any atom is 0.181 e. The number of nitrogens with zero attached hydrogens (tertiary/aromatic N) is 1. The molecule has 3 nitrogen and oxygen atoms in total. The lowest BCUT2D eigenvalue weighted by Gasteiger charge is -2.27. The SMILES string of the molecule is CC1=C(C)C(N)(C=Nc2ccccc2)C=CC1=O. The van der Waals surface area contributed by atoms with E-state index in [4.69, 9.17) is 5.73 Å². The zero-order chi connectivity index (χ0) is 13.2. The standard InChI is InChI=1S/C15H16N2O/c1-11-12(2)15(16,9-8-14(11)18)10-17-13-6-4-3-5-7-13/h3-10H,16H2,1-2H3. The lowest BCUT2D eigenvalue weighted by atomic mass is 9.83. The van der Waals surface area contributed by atoms with E-state index in [1.165, 1.54) is 6.08 Å². The van der Waals surface area contributed by atoms with Crippen LogP contribution in [0, 0.1) is 0 Å². The summed E-state index contributed by atoms with van der Waals surface area (Å²) >= 11 is 0. The quantitative estimate of drug-likeness (QED) is 0.808. The van der Waals surface area contributed by atoms with E-state index in [-0.39, 0.29) is 5.78 Å². The Labute approximate surface area is 107 Å². The number of ketones is 1. The zero-order valence-electron chi connectivity index (χ0n) is 10.6. The predicted molar refractivity (Wildman–Crippen MR) is 74.0 cm³/mol. The third-order valence-corrected chi connectivity index (χ3v) is 3.28. The lowest BCUT2D eigenvalue weighted by molar-refractivity contribution is -0.111. The molecule has 0 aliphatic heterocycles. The molecule has 0 spiro atoms. The first-order valence-electron chi connectivity index (χ1n) is 5.83. The first-order chi connectivity index (χ1) is 8.53. The van der Waals surface area contributed by atoms with Crippen molar-refractivity contribution in [1.29, 1.82) is 0 Å². The molecule has 0 amide bonds. The average molecular weight is 240 g/mol. The van der Waals surface area contributed by atoms with Crippen LogP contribution >= 0.6 is 0 Å². The molecule has 18 heavy (non-hydrogen) atoms. The highest BCUT2D eigenvalue weighted by Gasteiger charge is 2.28. The van der Waals surface area contributed by atoms with Crippen molar-refractivity contribution in [1.82, 2.24) is 0 Å². The van der Waals surface area contributed by atoms with Crippen LogP contribution in [0.5, 0.6) is 0 Å². The van der Waals surface area contributed by atoms with Crippen molar-refractivity contribution in [2.24, 2.45) is 10.7 Å². The van der Waals surface area contributed by atoms with E-state index >= 15 is 0 Å². The molecule has 3 heteroatoms. The van der Waals surface area contributed by atoms with Crippen LogP contribution in [0.3, 0.4) is 0 Å². The van der Waals surface area contributed by atoms with Gasteiger partial charge in [-0.05, 0) is 43.2 Å². The second-order valence-electron chi connectivity index (χ2n) is 4.47.